The summed E-state index contributed by atoms with van der Waals surface area (Å²) in [5, 5.41) is 10.0. The molecule has 1 fully saturated rings. The second-order valence-electron chi connectivity index (χ2n) is 10.0. The van der Waals surface area contributed by atoms with Crippen molar-refractivity contribution in [3.63, 3.8) is 0 Å². The predicted molar refractivity (Wildman–Crippen MR) is 148 cm³/mol. The highest BCUT2D eigenvalue weighted by Crippen LogP contribution is 2.30. The van der Waals surface area contributed by atoms with E-state index < -0.39 is 18.1 Å². The van der Waals surface area contributed by atoms with Gasteiger partial charge in [0.2, 0.25) is 5.95 Å². The second-order valence-corrected chi connectivity index (χ2v) is 10.0. The fraction of sp³-hybridized carbons (Fsp3) is 0.296. The van der Waals surface area contributed by atoms with Crippen molar-refractivity contribution in [2.75, 3.05) is 43.4 Å². The number of halogens is 3. The maximum atomic E-state index is 12.9. The number of hydrogen-bond donors (Lipinski definition) is 3. The van der Waals surface area contributed by atoms with Gasteiger partial charge in [-0.15, -0.1) is 0 Å². The Labute approximate surface area is 232 Å². The third kappa shape index (κ3) is 5.37. The molecule has 11 nitrogen and oxygen atoms in total. The molecule has 41 heavy (non-hydrogen) atoms. The van der Waals surface area contributed by atoms with Crippen LogP contribution in [0.4, 0.5) is 30.6 Å². The molecular weight excluding hydrogens is 537 g/mol. The lowest BCUT2D eigenvalue weighted by Gasteiger charge is -2.33. The van der Waals surface area contributed by atoms with Crippen molar-refractivity contribution in [2.45, 2.75) is 19.1 Å². The molecule has 0 aromatic carbocycles. The van der Waals surface area contributed by atoms with Gasteiger partial charge in [-0.3, -0.25) is 4.79 Å². The molecule has 0 spiro atoms. The van der Waals surface area contributed by atoms with E-state index in [-0.39, 0.29) is 5.56 Å². The minimum Gasteiger partial charge on any atom is -0.354 e. The smallest absolute Gasteiger partial charge is 0.354 e. The number of carbonyl (C=O) groups excluding carboxylic acids is 1. The number of aromatic nitrogens is 6. The standard InChI is InChI=1S/C27H27F3N10O/c1-16(27(28,29)30)35-25(41)21-15-34-40-6-5-17(11-22(21)40)19-13-32-24-20(19)14-33-26(37-24)36-18-3-4-23(31-12-18)39-9-7-38(2)8-10-39/h3-6,11-16H,7-10H2,1-2H3,(H,35,41)(H2,32,33,36,37)/t16-/m1/s1. The molecule has 212 valence electrons. The number of nitrogens with one attached hydrogen (secondary N) is 3. The van der Waals surface area contributed by atoms with E-state index in [1.807, 2.05) is 17.4 Å². The first-order chi connectivity index (χ1) is 19.7. The summed E-state index contributed by atoms with van der Waals surface area (Å²) in [6.07, 6.45) is 3.55. The number of pyridine rings is 2. The van der Waals surface area contributed by atoms with Crippen molar-refractivity contribution in [1.82, 2.24) is 39.8 Å². The van der Waals surface area contributed by atoms with E-state index in [1.165, 1.54) is 10.7 Å². The number of piperazine rings is 1. The van der Waals surface area contributed by atoms with E-state index in [2.05, 4.69) is 47.2 Å². The fourth-order valence-electron chi connectivity index (χ4n) is 4.70. The van der Waals surface area contributed by atoms with Gasteiger partial charge in [-0.1, -0.05) is 0 Å². The number of aromatic amines is 1. The Morgan fingerprint density at radius 1 is 1.07 bits per heavy atom. The van der Waals surface area contributed by atoms with E-state index in [4.69, 9.17) is 0 Å². The topological polar surface area (TPSA) is 119 Å². The average Bonchev–Trinajstić information content (AvgIpc) is 3.57. The zero-order valence-corrected chi connectivity index (χ0v) is 22.3. The van der Waals surface area contributed by atoms with Crippen molar-refractivity contribution < 1.29 is 18.0 Å². The lowest BCUT2D eigenvalue weighted by molar-refractivity contribution is -0.149. The number of amides is 1. The molecule has 1 atom stereocenters. The van der Waals surface area contributed by atoms with Crippen LogP contribution in [0.1, 0.15) is 17.3 Å². The van der Waals surface area contributed by atoms with Crippen LogP contribution in [0, 0.1) is 0 Å². The number of rotatable bonds is 6. The average molecular weight is 565 g/mol. The molecule has 14 heteroatoms. The highest BCUT2D eigenvalue weighted by atomic mass is 19.4. The summed E-state index contributed by atoms with van der Waals surface area (Å²) in [6.45, 7) is 4.77. The Morgan fingerprint density at radius 2 is 1.88 bits per heavy atom. The Balaban J connectivity index is 1.21. The van der Waals surface area contributed by atoms with E-state index >= 15 is 0 Å². The summed E-state index contributed by atoms with van der Waals surface area (Å²) >= 11 is 0. The molecule has 6 heterocycles. The van der Waals surface area contributed by atoms with Crippen LogP contribution < -0.4 is 15.5 Å². The number of hydrogen-bond acceptors (Lipinski definition) is 8. The summed E-state index contributed by atoms with van der Waals surface area (Å²) in [4.78, 5) is 33.9. The molecule has 1 saturated heterocycles. The Morgan fingerprint density at radius 3 is 2.61 bits per heavy atom. The van der Waals surface area contributed by atoms with Gasteiger partial charge in [-0.25, -0.2) is 14.5 Å². The van der Waals surface area contributed by atoms with E-state index in [9.17, 15) is 18.0 Å². The SMILES string of the molecule is C[C@@H](NC(=O)c1cnn2ccc(-c3c[nH]c4nc(Nc5ccc(N6CCN(C)CC6)nc5)ncc34)cc12)C(F)(F)F. The quantitative estimate of drug-likeness (QED) is 0.285. The van der Waals surface area contributed by atoms with Crippen LogP contribution in [0.2, 0.25) is 0 Å². The van der Waals surface area contributed by atoms with Crippen molar-refractivity contribution in [1.29, 1.82) is 0 Å². The first-order valence-electron chi connectivity index (χ1n) is 13.0. The van der Waals surface area contributed by atoms with E-state index in [0.717, 1.165) is 61.1 Å². The summed E-state index contributed by atoms with van der Waals surface area (Å²) in [5.41, 5.74) is 3.24. The zero-order valence-electron chi connectivity index (χ0n) is 22.3. The first-order valence-corrected chi connectivity index (χ1v) is 13.0. The molecule has 0 aliphatic carbocycles. The third-order valence-corrected chi connectivity index (χ3v) is 7.18. The van der Waals surface area contributed by atoms with Crippen LogP contribution in [-0.2, 0) is 0 Å². The second kappa shape index (κ2) is 10.4. The van der Waals surface area contributed by atoms with Gasteiger partial charge in [0.05, 0.1) is 29.2 Å². The van der Waals surface area contributed by atoms with Crippen molar-refractivity contribution in [3.8, 4) is 11.1 Å². The van der Waals surface area contributed by atoms with Gasteiger partial charge in [0.15, 0.2) is 0 Å². The summed E-state index contributed by atoms with van der Waals surface area (Å²) in [5.74, 6) is 0.467. The molecule has 1 aliphatic heterocycles. The molecule has 0 bridgehead atoms. The Hall–Kier alpha value is -4.72. The van der Waals surface area contributed by atoms with Crippen LogP contribution in [-0.4, -0.2) is 85.8 Å². The minimum absolute atomic E-state index is 0.0396. The number of anilines is 3. The van der Waals surface area contributed by atoms with Gasteiger partial charge in [0.25, 0.3) is 5.91 Å². The Bertz CT molecular complexity index is 1700. The summed E-state index contributed by atoms with van der Waals surface area (Å²) in [6, 6.07) is 5.42. The first kappa shape index (κ1) is 26.5. The van der Waals surface area contributed by atoms with Gasteiger partial charge in [-0.05, 0) is 43.8 Å². The number of nitrogens with zero attached hydrogens (tertiary/aromatic N) is 7. The van der Waals surface area contributed by atoms with E-state index in [0.29, 0.717) is 17.1 Å². The van der Waals surface area contributed by atoms with Crippen molar-refractivity contribution >= 4 is 39.9 Å². The van der Waals surface area contributed by atoms with Gasteiger partial charge in [0.1, 0.15) is 17.5 Å². The van der Waals surface area contributed by atoms with Crippen LogP contribution in [0.3, 0.4) is 0 Å². The molecule has 0 radical (unpaired) electrons. The number of fused-ring (bicyclic) bond motifs is 2. The molecule has 0 saturated carbocycles. The highest BCUT2D eigenvalue weighted by molar-refractivity contribution is 6.02. The largest absolute Gasteiger partial charge is 0.408 e. The molecule has 1 amide bonds. The third-order valence-electron chi connectivity index (χ3n) is 7.18. The fourth-order valence-corrected chi connectivity index (χ4v) is 4.70. The predicted octanol–water partition coefficient (Wildman–Crippen LogP) is 3.84. The van der Waals surface area contributed by atoms with Crippen molar-refractivity contribution in [3.05, 3.63) is 60.8 Å². The van der Waals surface area contributed by atoms with Crippen LogP contribution in [0.5, 0.6) is 0 Å². The number of H-pyrrole nitrogens is 1. The molecule has 0 unspecified atom stereocenters. The molecule has 3 N–H and O–H groups in total. The lowest BCUT2D eigenvalue weighted by Crippen LogP contribution is -2.44. The van der Waals surface area contributed by atoms with Gasteiger partial charge >= 0.3 is 6.18 Å². The maximum Gasteiger partial charge on any atom is 0.408 e. The number of alkyl halides is 3. The minimum atomic E-state index is -4.55. The Kier molecular flexibility index (Phi) is 6.69. The number of carbonyl (C=O) groups is 1. The molecule has 1 aliphatic rings. The monoisotopic (exact) mass is 564 g/mol. The summed E-state index contributed by atoms with van der Waals surface area (Å²) in [7, 11) is 2.11. The van der Waals surface area contributed by atoms with Crippen LogP contribution in [0.15, 0.2) is 55.2 Å². The van der Waals surface area contributed by atoms with Gasteiger partial charge in [-0.2, -0.15) is 23.3 Å². The van der Waals surface area contributed by atoms with Gasteiger partial charge in [0, 0.05) is 55.7 Å². The van der Waals surface area contributed by atoms with Crippen LogP contribution >= 0.6 is 0 Å². The molecule has 6 rings (SSSR count). The normalized spacial score (nSPS) is 15.4. The molecule has 5 aromatic heterocycles. The zero-order chi connectivity index (χ0) is 28.7. The van der Waals surface area contributed by atoms with E-state index in [1.54, 1.807) is 36.9 Å². The number of likely N-dealkylation sites (N-methyl/N-ethyl adjacent to an activating group) is 1. The van der Waals surface area contributed by atoms with Crippen LogP contribution in [0.25, 0.3) is 27.7 Å². The molecular formula is C27H27F3N10O. The lowest BCUT2D eigenvalue weighted by atomic mass is 10.1. The summed E-state index contributed by atoms with van der Waals surface area (Å²) < 4.78 is 40.3. The maximum absolute atomic E-state index is 12.9. The van der Waals surface area contributed by atoms with Gasteiger partial charge < -0.3 is 25.4 Å². The molecule has 5 aromatic rings. The highest BCUT2D eigenvalue weighted by Gasteiger charge is 2.37. The van der Waals surface area contributed by atoms with Crippen molar-refractivity contribution in [2.24, 2.45) is 0 Å².